The Labute approximate surface area is 161 Å². The highest BCUT2D eigenvalue weighted by Crippen LogP contribution is 2.35. The topological polar surface area (TPSA) is 30.5 Å². The maximum Gasteiger partial charge on any atom is 0.126 e. The third-order valence-electron chi connectivity index (χ3n) is 5.18. The molecule has 0 saturated heterocycles. The number of methoxy groups -OCH3 is 1. The van der Waals surface area contributed by atoms with E-state index in [1.165, 1.54) is 22.3 Å². The molecule has 3 heteroatoms. The smallest absolute Gasteiger partial charge is 0.126 e. The van der Waals surface area contributed by atoms with E-state index in [-0.39, 0.29) is 0 Å². The van der Waals surface area contributed by atoms with Gasteiger partial charge in [0, 0.05) is 24.6 Å². The summed E-state index contributed by atoms with van der Waals surface area (Å²) in [4.78, 5) is 0. The number of rotatable bonds is 6. The van der Waals surface area contributed by atoms with Gasteiger partial charge in [0.15, 0.2) is 0 Å². The van der Waals surface area contributed by atoms with Crippen molar-refractivity contribution in [1.82, 2.24) is 5.32 Å². The average molecular weight is 359 g/mol. The fraction of sp³-hybridized carbons (Fsp3) is 0.250. The second-order valence-electron chi connectivity index (χ2n) is 6.97. The van der Waals surface area contributed by atoms with Crippen LogP contribution in [0.25, 0.3) is 11.1 Å². The average Bonchev–Trinajstić information content (AvgIpc) is 3.20. The Morgan fingerprint density at radius 1 is 1.04 bits per heavy atom. The first-order chi connectivity index (χ1) is 13.2. The molecule has 0 unspecified atom stereocenters. The van der Waals surface area contributed by atoms with Crippen molar-refractivity contribution in [2.24, 2.45) is 0 Å². The molecule has 1 atom stereocenters. The number of benzene rings is 3. The number of ether oxygens (including phenoxy) is 2. The van der Waals surface area contributed by atoms with Crippen LogP contribution in [0.4, 0.5) is 0 Å². The standard InChI is InChI=1S/C24H25NO2/c1-17(19-6-4-3-5-7-19)25-16-18-8-10-24(26-2)22(14-18)20-9-11-23-21(15-20)12-13-27-23/h3-11,14-15,17,25H,12-13,16H2,1-2H3/t17-/m1/s1. The fourth-order valence-electron chi connectivity index (χ4n) is 3.58. The Bertz CT molecular complexity index is 921. The van der Waals surface area contributed by atoms with Crippen LogP contribution in [-0.4, -0.2) is 13.7 Å². The summed E-state index contributed by atoms with van der Waals surface area (Å²) in [6.45, 7) is 3.78. The van der Waals surface area contributed by atoms with E-state index in [9.17, 15) is 0 Å². The minimum atomic E-state index is 0.300. The Morgan fingerprint density at radius 2 is 1.89 bits per heavy atom. The van der Waals surface area contributed by atoms with Crippen molar-refractivity contribution < 1.29 is 9.47 Å². The van der Waals surface area contributed by atoms with E-state index in [2.05, 4.69) is 72.9 Å². The van der Waals surface area contributed by atoms with E-state index in [0.29, 0.717) is 6.04 Å². The molecule has 0 aromatic heterocycles. The molecule has 1 heterocycles. The van der Waals surface area contributed by atoms with Crippen LogP contribution in [0.3, 0.4) is 0 Å². The van der Waals surface area contributed by atoms with Gasteiger partial charge in [0.1, 0.15) is 11.5 Å². The first-order valence-corrected chi connectivity index (χ1v) is 9.46. The quantitative estimate of drug-likeness (QED) is 0.660. The minimum absolute atomic E-state index is 0.300. The third kappa shape index (κ3) is 3.83. The van der Waals surface area contributed by atoms with Gasteiger partial charge in [-0.3, -0.25) is 0 Å². The first-order valence-electron chi connectivity index (χ1n) is 9.46. The zero-order valence-corrected chi connectivity index (χ0v) is 15.9. The van der Waals surface area contributed by atoms with Crippen molar-refractivity contribution >= 4 is 0 Å². The maximum atomic E-state index is 5.64. The monoisotopic (exact) mass is 359 g/mol. The van der Waals surface area contributed by atoms with E-state index in [4.69, 9.17) is 9.47 Å². The molecule has 0 saturated carbocycles. The zero-order valence-electron chi connectivity index (χ0n) is 15.9. The van der Waals surface area contributed by atoms with Gasteiger partial charge in [0.05, 0.1) is 13.7 Å². The molecule has 27 heavy (non-hydrogen) atoms. The van der Waals surface area contributed by atoms with Crippen molar-refractivity contribution in [3.63, 3.8) is 0 Å². The van der Waals surface area contributed by atoms with Crippen LogP contribution in [0.2, 0.25) is 0 Å². The van der Waals surface area contributed by atoms with Crippen LogP contribution in [0, 0.1) is 0 Å². The van der Waals surface area contributed by atoms with Crippen LogP contribution in [-0.2, 0) is 13.0 Å². The fourth-order valence-corrected chi connectivity index (χ4v) is 3.58. The molecule has 0 spiro atoms. The molecular weight excluding hydrogens is 334 g/mol. The molecule has 1 N–H and O–H groups in total. The van der Waals surface area contributed by atoms with Gasteiger partial charge in [-0.15, -0.1) is 0 Å². The molecule has 0 radical (unpaired) electrons. The summed E-state index contributed by atoms with van der Waals surface area (Å²) in [5.41, 5.74) is 6.11. The van der Waals surface area contributed by atoms with Crippen molar-refractivity contribution in [2.75, 3.05) is 13.7 Å². The van der Waals surface area contributed by atoms with Crippen LogP contribution >= 0.6 is 0 Å². The molecule has 0 amide bonds. The normalized spacial score (nSPS) is 13.7. The van der Waals surface area contributed by atoms with E-state index in [0.717, 1.165) is 36.6 Å². The molecule has 3 aromatic rings. The molecule has 1 aliphatic heterocycles. The number of fused-ring (bicyclic) bond motifs is 1. The molecule has 0 aliphatic carbocycles. The van der Waals surface area contributed by atoms with Gasteiger partial charge >= 0.3 is 0 Å². The largest absolute Gasteiger partial charge is 0.496 e. The number of nitrogens with one attached hydrogen (secondary N) is 1. The minimum Gasteiger partial charge on any atom is -0.496 e. The third-order valence-corrected chi connectivity index (χ3v) is 5.18. The molecule has 4 rings (SSSR count). The summed E-state index contributed by atoms with van der Waals surface area (Å²) in [5.74, 6) is 1.90. The SMILES string of the molecule is COc1ccc(CN[C@H](C)c2ccccc2)cc1-c1ccc2c(c1)CCO2. The highest BCUT2D eigenvalue weighted by Gasteiger charge is 2.15. The first kappa shape index (κ1) is 17.6. The molecule has 0 bridgehead atoms. The summed E-state index contributed by atoms with van der Waals surface area (Å²) in [6.07, 6.45) is 0.974. The van der Waals surface area contributed by atoms with Gasteiger partial charge in [-0.25, -0.2) is 0 Å². The van der Waals surface area contributed by atoms with Gasteiger partial charge in [0.25, 0.3) is 0 Å². The number of hydrogen-bond acceptors (Lipinski definition) is 3. The summed E-state index contributed by atoms with van der Waals surface area (Å²) in [5, 5.41) is 3.61. The second kappa shape index (κ2) is 7.85. The second-order valence-corrected chi connectivity index (χ2v) is 6.97. The van der Waals surface area contributed by atoms with Gasteiger partial charge < -0.3 is 14.8 Å². The molecule has 1 aliphatic rings. The lowest BCUT2D eigenvalue weighted by molar-refractivity contribution is 0.357. The molecular formula is C24H25NO2. The van der Waals surface area contributed by atoms with E-state index in [1.807, 2.05) is 6.07 Å². The van der Waals surface area contributed by atoms with Crippen LogP contribution in [0.1, 0.15) is 29.7 Å². The Morgan fingerprint density at radius 3 is 2.70 bits per heavy atom. The lowest BCUT2D eigenvalue weighted by Crippen LogP contribution is -2.18. The molecule has 3 nitrogen and oxygen atoms in total. The lowest BCUT2D eigenvalue weighted by atomic mass is 9.99. The van der Waals surface area contributed by atoms with Gasteiger partial charge in [0.2, 0.25) is 0 Å². The van der Waals surface area contributed by atoms with Crippen molar-refractivity contribution in [3.05, 3.63) is 83.4 Å². The Hall–Kier alpha value is -2.78. The molecule has 138 valence electrons. The highest BCUT2D eigenvalue weighted by atomic mass is 16.5. The van der Waals surface area contributed by atoms with E-state index in [1.54, 1.807) is 7.11 Å². The van der Waals surface area contributed by atoms with Gasteiger partial charge in [-0.05, 0) is 53.4 Å². The summed E-state index contributed by atoms with van der Waals surface area (Å²) in [7, 11) is 1.73. The lowest BCUT2D eigenvalue weighted by Gasteiger charge is -2.16. The zero-order chi connectivity index (χ0) is 18.6. The molecule has 0 fully saturated rings. The predicted octanol–water partition coefficient (Wildman–Crippen LogP) is 5.15. The molecule has 3 aromatic carbocycles. The van der Waals surface area contributed by atoms with Crippen molar-refractivity contribution in [2.45, 2.75) is 25.9 Å². The van der Waals surface area contributed by atoms with Gasteiger partial charge in [-0.1, -0.05) is 42.5 Å². The number of hydrogen-bond donors (Lipinski definition) is 1. The Kier molecular flexibility index (Phi) is 5.12. The van der Waals surface area contributed by atoms with Crippen molar-refractivity contribution in [3.8, 4) is 22.6 Å². The van der Waals surface area contributed by atoms with E-state index >= 15 is 0 Å². The maximum absolute atomic E-state index is 5.64. The van der Waals surface area contributed by atoms with Gasteiger partial charge in [-0.2, -0.15) is 0 Å². The predicted molar refractivity (Wildman–Crippen MR) is 109 cm³/mol. The van der Waals surface area contributed by atoms with Crippen LogP contribution < -0.4 is 14.8 Å². The summed E-state index contributed by atoms with van der Waals surface area (Å²) < 4.78 is 11.3. The van der Waals surface area contributed by atoms with Crippen LogP contribution in [0.5, 0.6) is 11.5 Å². The van der Waals surface area contributed by atoms with Crippen LogP contribution in [0.15, 0.2) is 66.7 Å². The summed E-state index contributed by atoms with van der Waals surface area (Å²) >= 11 is 0. The Balaban J connectivity index is 1.56. The van der Waals surface area contributed by atoms with Crippen molar-refractivity contribution in [1.29, 1.82) is 0 Å². The highest BCUT2D eigenvalue weighted by molar-refractivity contribution is 5.73. The summed E-state index contributed by atoms with van der Waals surface area (Å²) in [6, 6.07) is 23.6. The van der Waals surface area contributed by atoms with E-state index < -0.39 is 0 Å².